The van der Waals surface area contributed by atoms with Gasteiger partial charge in [0.2, 0.25) is 0 Å². The van der Waals surface area contributed by atoms with Gasteiger partial charge in [0.25, 0.3) is 0 Å². The summed E-state index contributed by atoms with van der Waals surface area (Å²) in [5.41, 5.74) is 1.17. The summed E-state index contributed by atoms with van der Waals surface area (Å²) in [7, 11) is 0. The van der Waals surface area contributed by atoms with Crippen molar-refractivity contribution in [3.63, 3.8) is 0 Å². The fraction of sp³-hybridized carbons (Fsp3) is 0.733. The third kappa shape index (κ3) is 8.60. The molecule has 6 heteroatoms. The second kappa shape index (κ2) is 9.61. The van der Waals surface area contributed by atoms with E-state index in [0.29, 0.717) is 5.92 Å². The van der Waals surface area contributed by atoms with Gasteiger partial charge in [-0.15, -0.1) is 35.3 Å². The number of thiazole rings is 1. The molecule has 1 heterocycles. The number of hydrogen-bond donors (Lipinski definition) is 2. The summed E-state index contributed by atoms with van der Waals surface area (Å²) < 4.78 is 0. The monoisotopic (exact) mass is 424 g/mol. The molecule has 0 atom stereocenters. The smallest absolute Gasteiger partial charge is 0.191 e. The van der Waals surface area contributed by atoms with Gasteiger partial charge >= 0.3 is 0 Å². The van der Waals surface area contributed by atoms with E-state index >= 15 is 0 Å². The van der Waals surface area contributed by atoms with Crippen LogP contribution in [0.1, 0.15) is 58.2 Å². The summed E-state index contributed by atoms with van der Waals surface area (Å²) in [6, 6.07) is 0. The van der Waals surface area contributed by atoms with E-state index in [1.165, 1.54) is 5.01 Å². The Balaban J connectivity index is 0.00000400. The molecular formula is C15H29IN4S. The Morgan fingerprint density at radius 3 is 2.52 bits per heavy atom. The lowest BCUT2D eigenvalue weighted by Gasteiger charge is -2.23. The fourth-order valence-electron chi connectivity index (χ4n) is 1.65. The maximum absolute atomic E-state index is 4.64. The van der Waals surface area contributed by atoms with Crippen LogP contribution in [-0.2, 0) is 6.42 Å². The molecule has 0 spiro atoms. The fourth-order valence-corrected chi connectivity index (χ4v) is 2.52. The van der Waals surface area contributed by atoms with Crippen molar-refractivity contribution >= 4 is 41.3 Å². The Morgan fingerprint density at radius 2 is 2.05 bits per heavy atom. The van der Waals surface area contributed by atoms with Crippen LogP contribution in [-0.4, -0.2) is 29.6 Å². The van der Waals surface area contributed by atoms with Gasteiger partial charge in [0, 0.05) is 36.3 Å². The van der Waals surface area contributed by atoms with Crippen molar-refractivity contribution in [3.05, 3.63) is 16.1 Å². The first-order valence-corrected chi connectivity index (χ1v) is 8.20. The maximum Gasteiger partial charge on any atom is 0.191 e. The van der Waals surface area contributed by atoms with E-state index in [2.05, 4.69) is 67.5 Å². The molecule has 0 fully saturated rings. The van der Waals surface area contributed by atoms with Crippen molar-refractivity contribution in [1.29, 1.82) is 0 Å². The zero-order valence-electron chi connectivity index (χ0n) is 14.0. The number of nitrogens with one attached hydrogen (secondary N) is 2. The molecule has 0 saturated heterocycles. The lowest BCUT2D eigenvalue weighted by atomic mass is 10.1. The normalized spacial score (nSPS) is 12.2. The highest BCUT2D eigenvalue weighted by atomic mass is 127. The molecule has 21 heavy (non-hydrogen) atoms. The lowest BCUT2D eigenvalue weighted by molar-refractivity contribution is 0.501. The van der Waals surface area contributed by atoms with Crippen LogP contribution in [0.25, 0.3) is 0 Å². The molecule has 0 unspecified atom stereocenters. The van der Waals surface area contributed by atoms with Crippen LogP contribution in [0.15, 0.2) is 10.4 Å². The van der Waals surface area contributed by atoms with E-state index in [4.69, 9.17) is 0 Å². The molecule has 1 rings (SSSR count). The van der Waals surface area contributed by atoms with Crippen LogP contribution in [0.5, 0.6) is 0 Å². The Bertz CT molecular complexity index is 435. The number of hydrogen-bond acceptors (Lipinski definition) is 3. The molecule has 0 aromatic carbocycles. The van der Waals surface area contributed by atoms with Gasteiger partial charge in [-0.05, 0) is 27.7 Å². The van der Waals surface area contributed by atoms with Gasteiger partial charge in [0.05, 0.1) is 10.7 Å². The third-order valence-electron chi connectivity index (χ3n) is 2.54. The predicted octanol–water partition coefficient (Wildman–Crippen LogP) is 3.78. The van der Waals surface area contributed by atoms with Crippen molar-refractivity contribution in [2.45, 2.75) is 59.4 Å². The topological polar surface area (TPSA) is 49.3 Å². The molecule has 0 saturated carbocycles. The predicted molar refractivity (Wildman–Crippen MR) is 104 cm³/mol. The number of guanidine groups is 1. The second-order valence-corrected chi connectivity index (χ2v) is 7.11. The highest BCUT2D eigenvalue weighted by molar-refractivity contribution is 14.0. The van der Waals surface area contributed by atoms with E-state index in [1.807, 2.05) is 0 Å². The number of aromatic nitrogens is 1. The zero-order chi connectivity index (χ0) is 15.2. The van der Waals surface area contributed by atoms with Crippen LogP contribution in [0.3, 0.4) is 0 Å². The van der Waals surface area contributed by atoms with Crippen LogP contribution >= 0.6 is 35.3 Å². The molecule has 0 amide bonds. The molecular weight excluding hydrogens is 395 g/mol. The van der Waals surface area contributed by atoms with Crippen molar-refractivity contribution in [1.82, 2.24) is 15.6 Å². The van der Waals surface area contributed by atoms with E-state index in [-0.39, 0.29) is 29.5 Å². The van der Waals surface area contributed by atoms with Gasteiger partial charge in [-0.2, -0.15) is 0 Å². The molecule has 0 aliphatic rings. The summed E-state index contributed by atoms with van der Waals surface area (Å²) in [6.45, 7) is 14.5. The average molecular weight is 424 g/mol. The van der Waals surface area contributed by atoms with E-state index in [1.54, 1.807) is 11.3 Å². The Labute approximate surface area is 150 Å². The van der Waals surface area contributed by atoms with Gasteiger partial charge < -0.3 is 10.6 Å². The summed E-state index contributed by atoms with van der Waals surface area (Å²) >= 11 is 1.75. The summed E-state index contributed by atoms with van der Waals surface area (Å²) in [5, 5.41) is 10.0. The molecule has 0 aliphatic heterocycles. The minimum absolute atomic E-state index is 0. The average Bonchev–Trinajstić information content (AvgIpc) is 2.76. The first kappa shape index (κ1) is 20.6. The largest absolute Gasteiger partial charge is 0.357 e. The van der Waals surface area contributed by atoms with Gasteiger partial charge in [-0.3, -0.25) is 4.99 Å². The van der Waals surface area contributed by atoms with Crippen molar-refractivity contribution < 1.29 is 0 Å². The molecule has 4 nitrogen and oxygen atoms in total. The Kier molecular flexibility index (Phi) is 9.44. The third-order valence-corrected chi connectivity index (χ3v) is 3.73. The van der Waals surface area contributed by atoms with E-state index < -0.39 is 0 Å². The molecule has 1 aromatic rings. The minimum atomic E-state index is 0. The SMILES string of the molecule is CCNC(=NCCc1csc(C(C)C)n1)NC(C)(C)C.I. The first-order valence-electron chi connectivity index (χ1n) is 7.32. The lowest BCUT2D eigenvalue weighted by Crippen LogP contribution is -2.47. The molecule has 2 N–H and O–H groups in total. The highest BCUT2D eigenvalue weighted by Crippen LogP contribution is 2.19. The second-order valence-electron chi connectivity index (χ2n) is 6.22. The molecule has 0 radical (unpaired) electrons. The van der Waals surface area contributed by atoms with Crippen molar-refractivity contribution in [2.75, 3.05) is 13.1 Å². The quantitative estimate of drug-likeness (QED) is 0.430. The van der Waals surface area contributed by atoms with Crippen molar-refractivity contribution in [2.24, 2.45) is 4.99 Å². The number of halogens is 1. The van der Waals surface area contributed by atoms with Gasteiger partial charge in [-0.25, -0.2) is 4.98 Å². The summed E-state index contributed by atoms with van der Waals surface area (Å²) in [4.78, 5) is 9.24. The van der Waals surface area contributed by atoms with Gasteiger partial charge in [-0.1, -0.05) is 13.8 Å². The summed E-state index contributed by atoms with van der Waals surface area (Å²) in [6.07, 6.45) is 0.893. The molecule has 0 bridgehead atoms. The Morgan fingerprint density at radius 1 is 1.38 bits per heavy atom. The van der Waals surface area contributed by atoms with Gasteiger partial charge in [0.15, 0.2) is 5.96 Å². The molecule has 1 aromatic heterocycles. The number of aliphatic imine (C=N–C) groups is 1. The summed E-state index contributed by atoms with van der Waals surface area (Å²) in [5.74, 6) is 1.39. The van der Waals surface area contributed by atoms with Crippen LogP contribution in [0, 0.1) is 0 Å². The Hall–Kier alpha value is -0.370. The molecule has 122 valence electrons. The van der Waals surface area contributed by atoms with Crippen LogP contribution in [0.4, 0.5) is 0 Å². The minimum Gasteiger partial charge on any atom is -0.357 e. The highest BCUT2D eigenvalue weighted by Gasteiger charge is 2.11. The van der Waals surface area contributed by atoms with E-state index in [9.17, 15) is 0 Å². The van der Waals surface area contributed by atoms with Crippen LogP contribution in [0.2, 0.25) is 0 Å². The number of nitrogens with zero attached hydrogens (tertiary/aromatic N) is 2. The van der Waals surface area contributed by atoms with Gasteiger partial charge in [0.1, 0.15) is 0 Å². The number of rotatable bonds is 5. The first-order chi connectivity index (χ1) is 9.31. The maximum atomic E-state index is 4.64. The van der Waals surface area contributed by atoms with Crippen molar-refractivity contribution in [3.8, 4) is 0 Å². The van der Waals surface area contributed by atoms with Crippen LogP contribution < -0.4 is 10.6 Å². The van der Waals surface area contributed by atoms with E-state index in [0.717, 1.165) is 31.2 Å². The standard InChI is InChI=1S/C15H28N4S.HI/c1-7-16-14(19-15(4,5)6)17-9-8-12-10-20-13(18-12)11(2)3;/h10-11H,7-9H2,1-6H3,(H2,16,17,19);1H. The zero-order valence-corrected chi connectivity index (χ0v) is 17.1. The molecule has 0 aliphatic carbocycles.